The highest BCUT2D eigenvalue weighted by molar-refractivity contribution is 7.80. The lowest BCUT2D eigenvalue weighted by Gasteiger charge is -2.30. The molecule has 0 aromatic heterocycles. The molecule has 0 bridgehead atoms. The number of hydrogen-bond acceptors (Lipinski definition) is 9. The van der Waals surface area contributed by atoms with E-state index >= 15 is 0 Å². The molecule has 0 radical (unpaired) electrons. The number of hydrogen-bond donors (Lipinski definition) is 3. The number of rotatable bonds is 18. The third kappa shape index (κ3) is 16.1. The molecule has 0 heterocycles. The fourth-order valence-electron chi connectivity index (χ4n) is 2.69. The third-order valence-corrected chi connectivity index (χ3v) is 5.12. The van der Waals surface area contributed by atoms with Crippen LogP contribution in [0.4, 0.5) is 9.59 Å². The van der Waals surface area contributed by atoms with Crippen LogP contribution in [0.15, 0.2) is 24.3 Å². The zero-order valence-electron chi connectivity index (χ0n) is 22.0. The van der Waals surface area contributed by atoms with Crippen LogP contribution in [-0.4, -0.2) is 67.9 Å². The van der Waals surface area contributed by atoms with Crippen molar-refractivity contribution in [2.75, 3.05) is 32.1 Å². The molecule has 2 N–H and O–H groups in total. The predicted molar refractivity (Wildman–Crippen MR) is 140 cm³/mol. The van der Waals surface area contributed by atoms with E-state index in [0.717, 1.165) is 25.7 Å². The van der Waals surface area contributed by atoms with Crippen molar-refractivity contribution in [2.24, 2.45) is 0 Å². The van der Waals surface area contributed by atoms with Crippen molar-refractivity contribution < 1.29 is 38.1 Å². The molecule has 0 spiro atoms. The number of carbonyl (C=O) groups excluding carboxylic acids is 4. The van der Waals surface area contributed by atoms with E-state index < -0.39 is 35.8 Å². The Labute approximate surface area is 219 Å². The van der Waals surface area contributed by atoms with Crippen molar-refractivity contribution in [3.05, 3.63) is 24.3 Å². The van der Waals surface area contributed by atoms with Crippen molar-refractivity contribution in [1.82, 2.24) is 10.6 Å². The maximum Gasteiger partial charge on any atom is 0.408 e. The van der Waals surface area contributed by atoms with Crippen LogP contribution in [0.3, 0.4) is 0 Å². The summed E-state index contributed by atoms with van der Waals surface area (Å²) in [7, 11) is 0. The van der Waals surface area contributed by atoms with Crippen LogP contribution >= 0.6 is 12.6 Å². The minimum absolute atomic E-state index is 0.145. The minimum atomic E-state index is -1.31. The molecule has 0 saturated carbocycles. The summed E-state index contributed by atoms with van der Waals surface area (Å²) in [6.45, 7) is 13.4. The summed E-state index contributed by atoms with van der Waals surface area (Å²) in [5, 5.41) is 5.25. The average molecular weight is 531 g/mol. The summed E-state index contributed by atoms with van der Waals surface area (Å²) in [6, 6.07) is 0. The molecule has 36 heavy (non-hydrogen) atoms. The zero-order chi connectivity index (χ0) is 27.6. The highest BCUT2D eigenvalue weighted by Gasteiger charge is 2.32. The Hall–Kier alpha value is -2.69. The van der Waals surface area contributed by atoms with Gasteiger partial charge < -0.3 is 29.6 Å². The topological polar surface area (TPSA) is 129 Å². The molecule has 1 unspecified atom stereocenters. The quantitative estimate of drug-likeness (QED) is 0.0794. The van der Waals surface area contributed by atoms with Crippen LogP contribution in [-0.2, 0) is 28.5 Å². The van der Waals surface area contributed by atoms with Gasteiger partial charge in [0, 0.05) is 17.7 Å². The Bertz CT molecular complexity index is 726. The second-order valence-electron chi connectivity index (χ2n) is 8.88. The first kappa shape index (κ1) is 33.3. The number of amides is 2. The van der Waals surface area contributed by atoms with E-state index in [1.54, 1.807) is 0 Å². The van der Waals surface area contributed by atoms with Crippen LogP contribution in [0.5, 0.6) is 0 Å². The van der Waals surface area contributed by atoms with Gasteiger partial charge in [-0.15, -0.1) is 0 Å². The molecule has 0 fully saturated rings. The number of alkyl carbamates (subject to hydrolysis) is 2. The van der Waals surface area contributed by atoms with E-state index in [1.165, 1.54) is 20.8 Å². The van der Waals surface area contributed by atoms with E-state index in [1.807, 2.05) is 0 Å². The number of carbonyl (C=O) groups is 4. The Kier molecular flexibility index (Phi) is 17.2. The lowest BCUT2D eigenvalue weighted by Crippen LogP contribution is -2.54. The zero-order valence-corrected chi connectivity index (χ0v) is 22.9. The van der Waals surface area contributed by atoms with Crippen molar-refractivity contribution >= 4 is 36.8 Å². The lowest BCUT2D eigenvalue weighted by molar-refractivity contribution is -0.145. The first-order valence-electron chi connectivity index (χ1n) is 12.1. The van der Waals surface area contributed by atoms with Crippen LogP contribution < -0.4 is 10.6 Å². The van der Waals surface area contributed by atoms with Crippen molar-refractivity contribution in [3.63, 3.8) is 0 Å². The van der Waals surface area contributed by atoms with Gasteiger partial charge in [-0.05, 0) is 45.8 Å². The molecule has 11 heteroatoms. The number of esters is 2. The highest BCUT2D eigenvalue weighted by atomic mass is 32.1. The average Bonchev–Trinajstić information content (AvgIpc) is 2.82. The van der Waals surface area contributed by atoms with Gasteiger partial charge >= 0.3 is 24.1 Å². The van der Waals surface area contributed by atoms with Gasteiger partial charge in [0.1, 0.15) is 31.5 Å². The molecule has 0 aliphatic rings. The summed E-state index contributed by atoms with van der Waals surface area (Å²) in [6.07, 6.45) is 2.92. The highest BCUT2D eigenvalue weighted by Crippen LogP contribution is 2.12. The lowest BCUT2D eigenvalue weighted by atomic mass is 10.1. The fraction of sp³-hybridized carbons (Fsp3) is 0.680. The molecule has 10 nitrogen and oxygen atoms in total. The number of ether oxygens (including phenoxy) is 4. The molecule has 206 valence electrons. The molecule has 0 aliphatic heterocycles. The largest absolute Gasteiger partial charge is 0.460 e. The Morgan fingerprint density at radius 1 is 0.889 bits per heavy atom. The normalized spacial score (nSPS) is 11.6. The molecule has 0 aromatic rings. The maximum absolute atomic E-state index is 12.7. The van der Waals surface area contributed by atoms with Gasteiger partial charge in [-0.25, -0.2) is 19.2 Å². The summed E-state index contributed by atoms with van der Waals surface area (Å²) < 4.78 is 21.0. The van der Waals surface area contributed by atoms with Crippen LogP contribution in [0.1, 0.15) is 66.2 Å². The molecule has 2 amide bonds. The van der Waals surface area contributed by atoms with Gasteiger partial charge in [0.15, 0.2) is 0 Å². The Balaban J connectivity index is 5.04. The van der Waals surface area contributed by atoms with E-state index in [0.29, 0.717) is 25.1 Å². The summed E-state index contributed by atoms with van der Waals surface area (Å²) in [4.78, 5) is 48.3. The van der Waals surface area contributed by atoms with E-state index in [4.69, 9.17) is 18.9 Å². The van der Waals surface area contributed by atoms with Crippen molar-refractivity contribution in [2.45, 2.75) is 77.9 Å². The smallest absolute Gasteiger partial charge is 0.408 e. The second kappa shape index (κ2) is 18.6. The third-order valence-electron chi connectivity index (χ3n) is 4.80. The summed E-state index contributed by atoms with van der Waals surface area (Å²) in [5.41, 5.74) is -0.962. The van der Waals surface area contributed by atoms with Crippen molar-refractivity contribution in [3.8, 4) is 0 Å². The number of nitrogens with one attached hydrogen (secondary N) is 2. The molecule has 0 saturated heterocycles. The predicted octanol–water partition coefficient (Wildman–Crippen LogP) is 4.10. The Morgan fingerprint density at radius 2 is 1.47 bits per heavy atom. The van der Waals surface area contributed by atoms with E-state index in [9.17, 15) is 19.2 Å². The van der Waals surface area contributed by atoms with E-state index in [2.05, 4.69) is 43.3 Å². The first-order chi connectivity index (χ1) is 16.9. The van der Waals surface area contributed by atoms with Crippen LogP contribution in [0.2, 0.25) is 0 Å². The second-order valence-corrected chi connectivity index (χ2v) is 9.32. The van der Waals surface area contributed by atoms with Gasteiger partial charge in [-0.1, -0.05) is 39.3 Å². The molecule has 0 aliphatic carbocycles. The number of thiol groups is 1. The minimum Gasteiger partial charge on any atom is -0.460 e. The van der Waals surface area contributed by atoms with Gasteiger partial charge in [-0.3, -0.25) is 0 Å². The van der Waals surface area contributed by atoms with E-state index in [-0.39, 0.29) is 31.0 Å². The van der Waals surface area contributed by atoms with Gasteiger partial charge in [-0.2, -0.15) is 12.6 Å². The number of unbranched alkanes of at least 4 members (excludes halogenated alkanes) is 3. The SMILES string of the molecule is C=C(C)C(=O)OCC(C)(COC(=O)C(=C)C)NC(=O)OC(CCCS)COC(=O)NCCCCCC. The van der Waals surface area contributed by atoms with Gasteiger partial charge in [0.2, 0.25) is 0 Å². The molecule has 0 aromatic carbocycles. The van der Waals surface area contributed by atoms with Crippen molar-refractivity contribution in [1.29, 1.82) is 0 Å². The molecule has 1 atom stereocenters. The monoisotopic (exact) mass is 530 g/mol. The van der Waals surface area contributed by atoms with Gasteiger partial charge in [0.25, 0.3) is 0 Å². The van der Waals surface area contributed by atoms with Crippen LogP contribution in [0, 0.1) is 0 Å². The molecular weight excluding hydrogens is 488 g/mol. The van der Waals surface area contributed by atoms with Gasteiger partial charge in [0.05, 0.1) is 0 Å². The fourth-order valence-corrected chi connectivity index (χ4v) is 2.88. The maximum atomic E-state index is 12.7. The van der Waals surface area contributed by atoms with Crippen LogP contribution in [0.25, 0.3) is 0 Å². The first-order valence-corrected chi connectivity index (χ1v) is 12.7. The molecule has 0 rings (SSSR count). The Morgan fingerprint density at radius 3 is 1.97 bits per heavy atom. The summed E-state index contributed by atoms with van der Waals surface area (Å²) in [5.74, 6) is -0.775. The standard InChI is InChI=1S/C25H42N2O8S/c1-7-8-9-10-13-26-23(30)32-15-20(12-11-14-36)35-24(31)27-25(6,16-33-21(28)18(2)3)17-34-22(29)19(4)5/h20,36H,2,4,7-17H2,1,3,5-6H3,(H,26,30)(H,27,31). The molecular formula is C25H42N2O8S. The summed E-state index contributed by atoms with van der Waals surface area (Å²) >= 11 is 4.18.